The van der Waals surface area contributed by atoms with E-state index in [1.807, 2.05) is 30.3 Å². The van der Waals surface area contributed by atoms with E-state index in [1.165, 1.54) is 0 Å². The van der Waals surface area contributed by atoms with Gasteiger partial charge < -0.3 is 5.41 Å². The molecule has 1 aromatic rings. The van der Waals surface area contributed by atoms with Crippen molar-refractivity contribution in [3.05, 3.63) is 35.9 Å². The van der Waals surface area contributed by atoms with Gasteiger partial charge in [0.05, 0.1) is 12.3 Å². The number of rotatable bonds is 2. The first-order valence-corrected chi connectivity index (χ1v) is 5.59. The molecule has 1 aliphatic heterocycles. The fraction of sp³-hybridized carbons (Fsp3) is 0.182. The Bertz CT molecular complexity index is 407. The first-order chi connectivity index (χ1) is 7.27. The van der Waals surface area contributed by atoms with Crippen molar-refractivity contribution in [1.29, 1.82) is 5.41 Å². The van der Waals surface area contributed by atoms with Crippen molar-refractivity contribution in [2.24, 2.45) is 4.99 Å². The molecule has 15 heavy (non-hydrogen) atoms. The maximum absolute atomic E-state index is 11.3. The topological polar surface area (TPSA) is 53.3 Å². The average Bonchev–Trinajstić information content (AvgIpc) is 2.58. The van der Waals surface area contributed by atoms with Gasteiger partial charge in [-0.3, -0.25) is 9.79 Å². The quantitative estimate of drug-likeness (QED) is 0.824. The number of hydrogen-bond acceptors (Lipinski definition) is 4. The molecular weight excluding hydrogens is 208 g/mol. The zero-order chi connectivity index (χ0) is 10.7. The third-order valence-electron chi connectivity index (χ3n) is 2.09. The number of hydrogen-bond donors (Lipinski definition) is 1. The molecule has 1 saturated heterocycles. The van der Waals surface area contributed by atoms with E-state index in [0.717, 1.165) is 17.3 Å². The average molecular weight is 218 g/mol. The van der Waals surface area contributed by atoms with Crippen molar-refractivity contribution in [3.63, 3.8) is 0 Å². The lowest BCUT2D eigenvalue weighted by atomic mass is 10.2. The van der Waals surface area contributed by atoms with Crippen LogP contribution in [0.25, 0.3) is 0 Å². The summed E-state index contributed by atoms with van der Waals surface area (Å²) in [5.74, 6) is 0.465. The largest absolute Gasteiger partial charge is 0.302 e. The Morgan fingerprint density at radius 3 is 2.67 bits per heavy atom. The summed E-state index contributed by atoms with van der Waals surface area (Å²) in [6, 6.07) is 9.73. The van der Waals surface area contributed by atoms with Crippen LogP contribution in [0.4, 0.5) is 0 Å². The van der Waals surface area contributed by atoms with E-state index in [2.05, 4.69) is 4.99 Å². The van der Waals surface area contributed by atoms with E-state index in [1.54, 1.807) is 0 Å². The van der Waals surface area contributed by atoms with E-state index < -0.39 is 0 Å². The maximum Gasteiger partial charge on any atom is 0.239 e. The van der Waals surface area contributed by atoms with Crippen LogP contribution in [0, 0.1) is 5.41 Å². The molecule has 1 aromatic carbocycles. The van der Waals surface area contributed by atoms with Gasteiger partial charge in [-0.15, -0.1) is 0 Å². The highest BCUT2D eigenvalue weighted by Gasteiger charge is 2.25. The lowest BCUT2D eigenvalue weighted by Crippen LogP contribution is -2.13. The van der Waals surface area contributed by atoms with Gasteiger partial charge in [0.15, 0.2) is 0 Å². The lowest BCUT2D eigenvalue weighted by molar-refractivity contribution is -0.105. The predicted octanol–water partition coefficient (Wildman–Crippen LogP) is 1.92. The van der Waals surface area contributed by atoms with Gasteiger partial charge in [0, 0.05) is 5.75 Å². The van der Waals surface area contributed by atoms with Gasteiger partial charge in [-0.1, -0.05) is 42.1 Å². The summed E-state index contributed by atoms with van der Waals surface area (Å²) < 4.78 is 0. The van der Waals surface area contributed by atoms with Crippen LogP contribution >= 0.6 is 11.8 Å². The smallest absolute Gasteiger partial charge is 0.239 e. The van der Waals surface area contributed by atoms with Crippen molar-refractivity contribution in [2.45, 2.75) is 6.54 Å². The van der Waals surface area contributed by atoms with Gasteiger partial charge in [-0.05, 0) is 5.56 Å². The molecule has 0 amide bonds. The van der Waals surface area contributed by atoms with Gasteiger partial charge in [0.1, 0.15) is 5.71 Å². The van der Waals surface area contributed by atoms with Gasteiger partial charge in [-0.2, -0.15) is 0 Å². The number of benzene rings is 1. The Labute approximate surface area is 92.1 Å². The van der Waals surface area contributed by atoms with E-state index in [0.29, 0.717) is 23.7 Å². The minimum Gasteiger partial charge on any atom is -0.302 e. The second-order valence-electron chi connectivity index (χ2n) is 3.21. The fourth-order valence-electron chi connectivity index (χ4n) is 1.31. The molecule has 0 aromatic heterocycles. The number of thioether (sulfide) groups is 1. The Morgan fingerprint density at radius 2 is 2.07 bits per heavy atom. The summed E-state index contributed by atoms with van der Waals surface area (Å²) in [6.07, 6.45) is 0. The monoisotopic (exact) mass is 218 g/mol. The van der Waals surface area contributed by atoms with Gasteiger partial charge in [-0.25, -0.2) is 0 Å². The van der Waals surface area contributed by atoms with Crippen molar-refractivity contribution < 1.29 is 4.79 Å². The van der Waals surface area contributed by atoms with Crippen LogP contribution in [0.15, 0.2) is 35.3 Å². The van der Waals surface area contributed by atoms with Crippen LogP contribution in [-0.4, -0.2) is 22.3 Å². The molecule has 0 saturated carbocycles. The molecule has 0 aliphatic carbocycles. The summed E-state index contributed by atoms with van der Waals surface area (Å²) in [5, 5.41) is 7.46. The minimum atomic E-state index is -0.0732. The summed E-state index contributed by atoms with van der Waals surface area (Å²) >= 11 is 1.15. The number of carbonyl (C=O) groups is 1. The molecule has 1 aliphatic rings. The molecule has 76 valence electrons. The van der Waals surface area contributed by atoms with Crippen molar-refractivity contribution in [1.82, 2.24) is 0 Å². The number of carbonyl (C=O) groups excluding carboxylic acids is 1. The molecule has 4 heteroatoms. The standard InChI is InChI=1S/C11H10N2OS/c12-9-7-15-11(14)10(9)13-6-8-4-2-1-3-5-8/h1-5,12H,6-7H2. The van der Waals surface area contributed by atoms with E-state index in [4.69, 9.17) is 5.41 Å². The Balaban J connectivity index is 2.12. The van der Waals surface area contributed by atoms with Crippen LogP contribution in [0.5, 0.6) is 0 Å². The molecule has 1 fully saturated rings. The van der Waals surface area contributed by atoms with E-state index >= 15 is 0 Å². The molecule has 1 N–H and O–H groups in total. The first-order valence-electron chi connectivity index (χ1n) is 4.60. The molecular formula is C11H10N2OS. The molecule has 0 spiro atoms. The summed E-state index contributed by atoms with van der Waals surface area (Å²) in [4.78, 5) is 15.5. The minimum absolute atomic E-state index is 0.0732. The third-order valence-corrected chi connectivity index (χ3v) is 2.98. The van der Waals surface area contributed by atoms with Crippen molar-refractivity contribution in [3.8, 4) is 0 Å². The Kier molecular flexibility index (Phi) is 2.97. The van der Waals surface area contributed by atoms with E-state index in [-0.39, 0.29) is 5.12 Å². The van der Waals surface area contributed by atoms with Crippen LogP contribution in [0.2, 0.25) is 0 Å². The molecule has 2 rings (SSSR count). The number of aliphatic imine (C=N–C) groups is 1. The van der Waals surface area contributed by atoms with Gasteiger partial charge in [0.2, 0.25) is 5.12 Å². The van der Waals surface area contributed by atoms with Crippen molar-refractivity contribution in [2.75, 3.05) is 5.75 Å². The maximum atomic E-state index is 11.3. The Morgan fingerprint density at radius 1 is 1.33 bits per heavy atom. The van der Waals surface area contributed by atoms with E-state index in [9.17, 15) is 4.79 Å². The highest BCUT2D eigenvalue weighted by Crippen LogP contribution is 2.15. The number of nitrogens with zero attached hydrogens (tertiary/aromatic N) is 1. The van der Waals surface area contributed by atoms with Crippen LogP contribution in [-0.2, 0) is 11.3 Å². The molecule has 0 bridgehead atoms. The molecule has 0 atom stereocenters. The van der Waals surface area contributed by atoms with Crippen molar-refractivity contribution >= 4 is 28.3 Å². The zero-order valence-electron chi connectivity index (χ0n) is 8.06. The fourth-order valence-corrected chi connectivity index (χ4v) is 2.05. The molecule has 3 nitrogen and oxygen atoms in total. The second-order valence-corrected chi connectivity index (χ2v) is 4.15. The highest BCUT2D eigenvalue weighted by molar-refractivity contribution is 8.17. The normalized spacial score (nSPS) is 18.8. The number of nitrogens with one attached hydrogen (secondary N) is 1. The first kappa shape index (κ1) is 10.1. The van der Waals surface area contributed by atoms with Crippen LogP contribution in [0.1, 0.15) is 5.56 Å². The highest BCUT2D eigenvalue weighted by atomic mass is 32.2. The van der Waals surface area contributed by atoms with Crippen LogP contribution < -0.4 is 0 Å². The zero-order valence-corrected chi connectivity index (χ0v) is 8.88. The lowest BCUT2D eigenvalue weighted by Gasteiger charge is -1.96. The van der Waals surface area contributed by atoms with Crippen LogP contribution in [0.3, 0.4) is 0 Å². The summed E-state index contributed by atoms with van der Waals surface area (Å²) in [6.45, 7) is 0.477. The molecule has 0 radical (unpaired) electrons. The molecule has 0 unspecified atom stereocenters. The van der Waals surface area contributed by atoms with Gasteiger partial charge in [0.25, 0.3) is 0 Å². The SMILES string of the molecule is N=C1CSC(=O)C1=NCc1ccccc1. The van der Waals surface area contributed by atoms with Gasteiger partial charge >= 0.3 is 0 Å². The Hall–Kier alpha value is -1.42. The predicted molar refractivity (Wildman–Crippen MR) is 62.8 cm³/mol. The second kappa shape index (κ2) is 4.40. The summed E-state index contributed by atoms with van der Waals surface area (Å²) in [5.41, 5.74) is 1.74. The summed E-state index contributed by atoms with van der Waals surface area (Å²) in [7, 11) is 0. The third kappa shape index (κ3) is 2.33. The molecule has 1 heterocycles.